The number of hydrogen-bond donors (Lipinski definition) is 2. The van der Waals surface area contributed by atoms with E-state index in [2.05, 4.69) is 10.0 Å². The maximum absolute atomic E-state index is 11.1. The molecule has 78 valence electrons. The van der Waals surface area contributed by atoms with E-state index in [4.69, 9.17) is 0 Å². The van der Waals surface area contributed by atoms with E-state index < -0.39 is 10.0 Å². The average molecular weight is 206 g/mol. The van der Waals surface area contributed by atoms with Gasteiger partial charge in [-0.15, -0.1) is 0 Å². The average Bonchev–Trinajstić information content (AvgIpc) is 2.17. The molecule has 0 unspecified atom stereocenters. The first-order chi connectivity index (χ1) is 6.14. The molecule has 13 heavy (non-hydrogen) atoms. The monoisotopic (exact) mass is 206 g/mol. The second-order valence-corrected chi connectivity index (χ2v) is 5.43. The third-order valence-electron chi connectivity index (χ3n) is 2.48. The van der Waals surface area contributed by atoms with Gasteiger partial charge in [-0.3, -0.25) is 5.32 Å². The summed E-state index contributed by atoms with van der Waals surface area (Å²) in [7, 11) is -1.64. The fourth-order valence-electron chi connectivity index (χ4n) is 1.61. The molecular weight excluding hydrogens is 188 g/mol. The second-order valence-electron chi connectivity index (χ2n) is 3.50. The SMILES string of the molecule is CNS(=O)(=O)CNC1CCCCC1. The van der Waals surface area contributed by atoms with Crippen LogP contribution in [0.1, 0.15) is 32.1 Å². The maximum Gasteiger partial charge on any atom is 0.224 e. The van der Waals surface area contributed by atoms with Gasteiger partial charge in [-0.1, -0.05) is 19.3 Å². The van der Waals surface area contributed by atoms with Gasteiger partial charge in [0.2, 0.25) is 10.0 Å². The van der Waals surface area contributed by atoms with Crippen LogP contribution in [0.4, 0.5) is 0 Å². The first-order valence-electron chi connectivity index (χ1n) is 4.78. The Hall–Kier alpha value is -0.130. The van der Waals surface area contributed by atoms with E-state index in [0.717, 1.165) is 12.8 Å². The first-order valence-corrected chi connectivity index (χ1v) is 6.44. The van der Waals surface area contributed by atoms with E-state index in [1.165, 1.54) is 26.3 Å². The molecule has 0 bridgehead atoms. The standard InChI is InChI=1S/C8H18N2O2S/c1-9-13(11,12)7-10-8-5-3-2-4-6-8/h8-10H,2-7H2,1H3. The third-order valence-corrected chi connectivity index (χ3v) is 3.65. The molecule has 1 rings (SSSR count). The van der Waals surface area contributed by atoms with Crippen molar-refractivity contribution in [3.63, 3.8) is 0 Å². The molecule has 1 aliphatic carbocycles. The maximum atomic E-state index is 11.1. The Morgan fingerprint density at radius 2 is 1.85 bits per heavy atom. The van der Waals surface area contributed by atoms with Crippen LogP contribution in [0.3, 0.4) is 0 Å². The zero-order valence-electron chi connectivity index (χ0n) is 8.04. The fraction of sp³-hybridized carbons (Fsp3) is 1.00. The van der Waals surface area contributed by atoms with E-state index in [-0.39, 0.29) is 5.88 Å². The van der Waals surface area contributed by atoms with Crippen LogP contribution in [0.2, 0.25) is 0 Å². The van der Waals surface area contributed by atoms with Crippen molar-refractivity contribution in [2.75, 3.05) is 12.9 Å². The Morgan fingerprint density at radius 3 is 2.38 bits per heavy atom. The Morgan fingerprint density at radius 1 is 1.23 bits per heavy atom. The zero-order chi connectivity index (χ0) is 9.73. The lowest BCUT2D eigenvalue weighted by molar-refractivity contribution is 0.387. The van der Waals surface area contributed by atoms with Gasteiger partial charge in [-0.25, -0.2) is 13.1 Å². The highest BCUT2D eigenvalue weighted by Crippen LogP contribution is 2.17. The summed E-state index contributed by atoms with van der Waals surface area (Å²) in [5.74, 6) is 0.0498. The molecule has 1 fully saturated rings. The van der Waals surface area contributed by atoms with Gasteiger partial charge in [-0.05, 0) is 19.9 Å². The van der Waals surface area contributed by atoms with Crippen LogP contribution in [-0.2, 0) is 10.0 Å². The van der Waals surface area contributed by atoms with Crippen molar-refractivity contribution in [2.24, 2.45) is 0 Å². The number of rotatable bonds is 4. The Kier molecular flexibility index (Phi) is 4.15. The van der Waals surface area contributed by atoms with Crippen molar-refractivity contribution < 1.29 is 8.42 Å². The lowest BCUT2D eigenvalue weighted by atomic mass is 9.96. The zero-order valence-corrected chi connectivity index (χ0v) is 8.86. The minimum absolute atomic E-state index is 0.0498. The van der Waals surface area contributed by atoms with Crippen molar-refractivity contribution in [2.45, 2.75) is 38.1 Å². The van der Waals surface area contributed by atoms with E-state index in [1.807, 2.05) is 0 Å². The van der Waals surface area contributed by atoms with Crippen molar-refractivity contribution in [1.82, 2.24) is 10.0 Å². The van der Waals surface area contributed by atoms with Crippen molar-refractivity contribution in [3.05, 3.63) is 0 Å². The lowest BCUT2D eigenvalue weighted by Crippen LogP contribution is -2.38. The molecule has 0 spiro atoms. The summed E-state index contributed by atoms with van der Waals surface area (Å²) in [5.41, 5.74) is 0. The molecule has 0 aromatic heterocycles. The van der Waals surface area contributed by atoms with Gasteiger partial charge in [0.05, 0.1) is 0 Å². The van der Waals surface area contributed by atoms with E-state index >= 15 is 0 Å². The molecule has 0 atom stereocenters. The summed E-state index contributed by atoms with van der Waals surface area (Å²) in [6.45, 7) is 0. The Labute approximate surface area is 80.1 Å². The Balaban J connectivity index is 2.25. The minimum Gasteiger partial charge on any atom is -0.300 e. The van der Waals surface area contributed by atoms with Gasteiger partial charge < -0.3 is 0 Å². The molecule has 0 saturated heterocycles. The van der Waals surface area contributed by atoms with Gasteiger partial charge in [0, 0.05) is 6.04 Å². The molecule has 1 saturated carbocycles. The summed E-state index contributed by atoms with van der Waals surface area (Å²) < 4.78 is 24.4. The van der Waals surface area contributed by atoms with Crippen LogP contribution in [0, 0.1) is 0 Å². The van der Waals surface area contributed by atoms with Gasteiger partial charge in [-0.2, -0.15) is 0 Å². The first kappa shape index (κ1) is 10.9. The predicted octanol–water partition coefficient (Wildman–Crippen LogP) is 0.415. The van der Waals surface area contributed by atoms with E-state index in [0.29, 0.717) is 6.04 Å². The minimum atomic E-state index is -3.08. The summed E-state index contributed by atoms with van der Waals surface area (Å²) in [6.07, 6.45) is 5.95. The van der Waals surface area contributed by atoms with Gasteiger partial charge >= 0.3 is 0 Å². The predicted molar refractivity (Wildman–Crippen MR) is 52.9 cm³/mol. The summed E-state index contributed by atoms with van der Waals surface area (Å²) in [5, 5.41) is 3.06. The molecule has 0 amide bonds. The highest BCUT2D eigenvalue weighted by Gasteiger charge is 2.15. The number of nitrogens with one attached hydrogen (secondary N) is 2. The van der Waals surface area contributed by atoms with Crippen molar-refractivity contribution >= 4 is 10.0 Å². The number of sulfonamides is 1. The third kappa shape index (κ3) is 4.06. The van der Waals surface area contributed by atoms with Crippen molar-refractivity contribution in [1.29, 1.82) is 0 Å². The highest BCUT2D eigenvalue weighted by molar-refractivity contribution is 7.89. The summed E-state index contributed by atoms with van der Waals surface area (Å²) >= 11 is 0. The lowest BCUT2D eigenvalue weighted by Gasteiger charge is -2.22. The molecule has 0 aliphatic heterocycles. The van der Waals surface area contributed by atoms with E-state index in [1.54, 1.807) is 0 Å². The van der Waals surface area contributed by atoms with Gasteiger partial charge in [0.1, 0.15) is 5.88 Å². The second kappa shape index (κ2) is 4.93. The summed E-state index contributed by atoms with van der Waals surface area (Å²) in [4.78, 5) is 0. The topological polar surface area (TPSA) is 58.2 Å². The fourth-order valence-corrected chi connectivity index (χ4v) is 2.21. The highest BCUT2D eigenvalue weighted by atomic mass is 32.2. The van der Waals surface area contributed by atoms with Crippen LogP contribution >= 0.6 is 0 Å². The van der Waals surface area contributed by atoms with Crippen LogP contribution < -0.4 is 10.0 Å². The normalized spacial score (nSPS) is 20.4. The van der Waals surface area contributed by atoms with Gasteiger partial charge in [0.25, 0.3) is 0 Å². The van der Waals surface area contributed by atoms with Crippen LogP contribution in [-0.4, -0.2) is 27.4 Å². The van der Waals surface area contributed by atoms with Crippen LogP contribution in [0.5, 0.6) is 0 Å². The molecule has 5 heteroatoms. The molecule has 4 nitrogen and oxygen atoms in total. The van der Waals surface area contributed by atoms with Crippen LogP contribution in [0.15, 0.2) is 0 Å². The molecule has 0 heterocycles. The molecular formula is C8H18N2O2S. The largest absolute Gasteiger partial charge is 0.300 e. The molecule has 0 aromatic rings. The molecule has 1 aliphatic rings. The smallest absolute Gasteiger partial charge is 0.224 e. The van der Waals surface area contributed by atoms with E-state index in [9.17, 15) is 8.42 Å². The molecule has 0 aromatic carbocycles. The summed E-state index contributed by atoms with van der Waals surface area (Å²) in [6, 6.07) is 0.400. The van der Waals surface area contributed by atoms with Crippen molar-refractivity contribution in [3.8, 4) is 0 Å². The quantitative estimate of drug-likeness (QED) is 0.700. The molecule has 0 radical (unpaired) electrons. The molecule has 2 N–H and O–H groups in total. The number of hydrogen-bond acceptors (Lipinski definition) is 3. The van der Waals surface area contributed by atoms with Gasteiger partial charge in [0.15, 0.2) is 0 Å². The Bertz CT molecular complexity index is 233. The van der Waals surface area contributed by atoms with Crippen LogP contribution in [0.25, 0.3) is 0 Å².